The van der Waals surface area contributed by atoms with E-state index in [0.717, 1.165) is 42.0 Å². The first-order valence-corrected chi connectivity index (χ1v) is 9.98. The maximum Gasteiger partial charge on any atom is 0.161 e. The van der Waals surface area contributed by atoms with Crippen LogP contribution in [0.1, 0.15) is 5.56 Å². The molecule has 3 heterocycles. The molecule has 1 aliphatic rings. The minimum atomic E-state index is -0.957. The number of halogens is 3. The number of aryl methyl sites for hydroxylation is 1. The zero-order valence-corrected chi connectivity index (χ0v) is 16.8. The van der Waals surface area contributed by atoms with E-state index in [1.54, 1.807) is 12.4 Å². The van der Waals surface area contributed by atoms with Gasteiger partial charge < -0.3 is 15.6 Å². The van der Waals surface area contributed by atoms with Crippen molar-refractivity contribution in [2.24, 2.45) is 11.7 Å². The molecule has 0 saturated carbocycles. The molecule has 158 valence electrons. The number of anilines is 1. The summed E-state index contributed by atoms with van der Waals surface area (Å²) in [7, 11) is 0. The summed E-state index contributed by atoms with van der Waals surface area (Å²) in [6.07, 6.45) is 3.36. The number of benzene rings is 2. The molecule has 0 unspecified atom stereocenters. The van der Waals surface area contributed by atoms with Crippen LogP contribution in [0.4, 0.5) is 18.9 Å². The predicted molar refractivity (Wildman–Crippen MR) is 114 cm³/mol. The largest absolute Gasteiger partial charge is 0.370 e. The second kappa shape index (κ2) is 7.39. The van der Waals surface area contributed by atoms with Crippen molar-refractivity contribution in [3.8, 4) is 22.5 Å². The van der Waals surface area contributed by atoms with E-state index in [9.17, 15) is 13.2 Å². The lowest BCUT2D eigenvalue weighted by atomic mass is 9.94. The van der Waals surface area contributed by atoms with Crippen LogP contribution in [0.25, 0.3) is 33.5 Å². The summed E-state index contributed by atoms with van der Waals surface area (Å²) >= 11 is 0. The van der Waals surface area contributed by atoms with Crippen molar-refractivity contribution in [1.29, 1.82) is 0 Å². The Morgan fingerprint density at radius 2 is 1.77 bits per heavy atom. The zero-order valence-electron chi connectivity index (χ0n) is 16.8. The number of hydrogen-bond donors (Lipinski definition) is 2. The van der Waals surface area contributed by atoms with Crippen LogP contribution < -0.4 is 10.6 Å². The molecule has 2 aromatic carbocycles. The third kappa shape index (κ3) is 3.42. The molecule has 0 atom stereocenters. The molecule has 5 rings (SSSR count). The summed E-state index contributed by atoms with van der Waals surface area (Å²) in [4.78, 5) is 14.0. The minimum Gasteiger partial charge on any atom is -0.370 e. The molecule has 31 heavy (non-hydrogen) atoms. The number of imidazole rings is 1. The van der Waals surface area contributed by atoms with E-state index >= 15 is 0 Å². The van der Waals surface area contributed by atoms with Gasteiger partial charge in [-0.05, 0) is 36.7 Å². The summed E-state index contributed by atoms with van der Waals surface area (Å²) in [6, 6.07) is 6.99. The van der Waals surface area contributed by atoms with Crippen LogP contribution in [0, 0.1) is 30.3 Å². The molecular formula is C23H20F3N5. The number of aromatic nitrogens is 3. The van der Waals surface area contributed by atoms with Crippen LogP contribution in [0.3, 0.4) is 0 Å². The number of H-pyrrole nitrogens is 1. The number of fused-ring (bicyclic) bond motifs is 1. The van der Waals surface area contributed by atoms with Gasteiger partial charge in [-0.3, -0.25) is 4.98 Å². The Morgan fingerprint density at radius 1 is 1.03 bits per heavy atom. The van der Waals surface area contributed by atoms with E-state index in [1.807, 2.05) is 13.0 Å². The molecule has 2 aromatic heterocycles. The molecule has 1 saturated heterocycles. The first-order chi connectivity index (χ1) is 14.9. The van der Waals surface area contributed by atoms with Gasteiger partial charge in [0.1, 0.15) is 11.6 Å². The summed E-state index contributed by atoms with van der Waals surface area (Å²) in [5.74, 6) is -1.43. The Kier molecular flexibility index (Phi) is 4.66. The van der Waals surface area contributed by atoms with Crippen molar-refractivity contribution in [2.45, 2.75) is 6.92 Å². The Balaban J connectivity index is 1.70. The van der Waals surface area contributed by atoms with Gasteiger partial charge >= 0.3 is 0 Å². The standard InChI is InChI=1S/C23H20F3N5/c1-12-2-14(4-15(24)3-12)16-8-28-9-17(22(16)31-10-13(7-27)11-31)23-29-20-5-18(25)19(26)6-21(20)30-23/h2-6,8-9,13H,7,10-11,27H2,1H3,(H,29,30). The van der Waals surface area contributed by atoms with Gasteiger partial charge in [0.05, 0.1) is 22.3 Å². The Morgan fingerprint density at radius 3 is 2.52 bits per heavy atom. The van der Waals surface area contributed by atoms with Gasteiger partial charge in [0.25, 0.3) is 0 Å². The van der Waals surface area contributed by atoms with Crippen molar-refractivity contribution in [1.82, 2.24) is 15.0 Å². The number of rotatable bonds is 4. The van der Waals surface area contributed by atoms with Gasteiger partial charge in [-0.2, -0.15) is 0 Å². The summed E-state index contributed by atoms with van der Waals surface area (Å²) in [6.45, 7) is 3.91. The third-order valence-electron chi connectivity index (χ3n) is 5.66. The minimum absolute atomic E-state index is 0.315. The highest BCUT2D eigenvalue weighted by Crippen LogP contribution is 2.41. The maximum absolute atomic E-state index is 14.2. The lowest BCUT2D eigenvalue weighted by Gasteiger charge is -2.42. The second-order valence-electron chi connectivity index (χ2n) is 7.98. The first-order valence-electron chi connectivity index (χ1n) is 9.98. The molecule has 0 radical (unpaired) electrons. The van der Waals surface area contributed by atoms with Crippen LogP contribution in [0.15, 0.2) is 42.7 Å². The fourth-order valence-corrected chi connectivity index (χ4v) is 4.10. The first kappa shape index (κ1) is 19.6. The Bertz CT molecular complexity index is 1230. The van der Waals surface area contributed by atoms with Crippen molar-refractivity contribution in [2.75, 3.05) is 24.5 Å². The number of nitrogens with one attached hydrogen (secondary N) is 1. The molecule has 1 aliphatic heterocycles. The van der Waals surface area contributed by atoms with E-state index in [1.165, 1.54) is 12.1 Å². The number of pyridine rings is 1. The van der Waals surface area contributed by atoms with Gasteiger partial charge in [0.15, 0.2) is 11.6 Å². The Hall–Kier alpha value is -3.39. The van der Waals surface area contributed by atoms with Gasteiger partial charge in [-0.1, -0.05) is 6.07 Å². The molecule has 1 fully saturated rings. The average Bonchev–Trinajstić information content (AvgIpc) is 3.09. The molecule has 4 aromatic rings. The molecule has 3 N–H and O–H groups in total. The van der Waals surface area contributed by atoms with Gasteiger partial charge in [0.2, 0.25) is 0 Å². The third-order valence-corrected chi connectivity index (χ3v) is 5.66. The van der Waals surface area contributed by atoms with Crippen LogP contribution >= 0.6 is 0 Å². The van der Waals surface area contributed by atoms with Crippen LogP contribution in [0.5, 0.6) is 0 Å². The molecule has 5 nitrogen and oxygen atoms in total. The molecule has 0 amide bonds. The molecule has 0 aliphatic carbocycles. The quantitative estimate of drug-likeness (QED) is 0.510. The topological polar surface area (TPSA) is 70.8 Å². The van der Waals surface area contributed by atoms with Crippen LogP contribution in [-0.4, -0.2) is 34.6 Å². The van der Waals surface area contributed by atoms with Crippen molar-refractivity contribution < 1.29 is 13.2 Å². The van der Waals surface area contributed by atoms with Crippen LogP contribution in [-0.2, 0) is 0 Å². The highest BCUT2D eigenvalue weighted by molar-refractivity contribution is 5.91. The van der Waals surface area contributed by atoms with Crippen molar-refractivity contribution in [3.05, 3.63) is 65.7 Å². The zero-order chi connectivity index (χ0) is 21.7. The van der Waals surface area contributed by atoms with Gasteiger partial charge in [0, 0.05) is 49.1 Å². The highest BCUT2D eigenvalue weighted by Gasteiger charge is 2.30. The highest BCUT2D eigenvalue weighted by atomic mass is 19.2. The number of nitrogens with two attached hydrogens (primary N) is 1. The number of nitrogens with zero attached hydrogens (tertiary/aromatic N) is 3. The molecule has 8 heteroatoms. The average molecular weight is 423 g/mol. The smallest absolute Gasteiger partial charge is 0.161 e. The molecule has 0 bridgehead atoms. The van der Waals surface area contributed by atoms with Gasteiger partial charge in [-0.25, -0.2) is 18.2 Å². The number of aromatic amines is 1. The van der Waals surface area contributed by atoms with Gasteiger partial charge in [-0.15, -0.1) is 0 Å². The normalized spacial score (nSPS) is 14.3. The van der Waals surface area contributed by atoms with E-state index in [0.29, 0.717) is 40.4 Å². The lowest BCUT2D eigenvalue weighted by Crippen LogP contribution is -2.50. The molecule has 0 spiro atoms. The number of hydrogen-bond acceptors (Lipinski definition) is 4. The van der Waals surface area contributed by atoms with Crippen molar-refractivity contribution in [3.63, 3.8) is 0 Å². The predicted octanol–water partition coefficient (Wildman–Crippen LogP) is 4.41. The summed E-state index contributed by atoms with van der Waals surface area (Å²) < 4.78 is 41.5. The van der Waals surface area contributed by atoms with E-state index in [-0.39, 0.29) is 5.82 Å². The maximum atomic E-state index is 14.2. The fraction of sp³-hybridized carbons (Fsp3) is 0.217. The summed E-state index contributed by atoms with van der Waals surface area (Å²) in [5, 5.41) is 0. The lowest BCUT2D eigenvalue weighted by molar-refractivity contribution is 0.421. The Labute approximate surface area is 176 Å². The van der Waals surface area contributed by atoms with E-state index in [2.05, 4.69) is 19.9 Å². The van der Waals surface area contributed by atoms with Crippen LogP contribution in [0.2, 0.25) is 0 Å². The second-order valence-corrected chi connectivity index (χ2v) is 7.98. The monoisotopic (exact) mass is 423 g/mol. The van der Waals surface area contributed by atoms with E-state index in [4.69, 9.17) is 5.73 Å². The SMILES string of the molecule is Cc1cc(F)cc(-c2cncc(-c3nc4cc(F)c(F)cc4[nH]3)c2N2CC(CN)C2)c1. The summed E-state index contributed by atoms with van der Waals surface area (Å²) in [5.41, 5.74) is 10.3. The fourth-order valence-electron chi connectivity index (χ4n) is 4.10. The molecular weight excluding hydrogens is 403 g/mol. The van der Waals surface area contributed by atoms with Crippen molar-refractivity contribution >= 4 is 16.7 Å². The van der Waals surface area contributed by atoms with E-state index < -0.39 is 11.6 Å².